The smallest absolute Gasteiger partial charge is 0.0460 e. The summed E-state index contributed by atoms with van der Waals surface area (Å²) >= 11 is 0. The number of hydrazine groups is 1. The summed E-state index contributed by atoms with van der Waals surface area (Å²) in [5, 5.41) is 0. The fourth-order valence-electron chi connectivity index (χ4n) is 2.23. The summed E-state index contributed by atoms with van der Waals surface area (Å²) in [6, 6.07) is 9.15. The quantitative estimate of drug-likeness (QED) is 0.409. The van der Waals surface area contributed by atoms with E-state index in [1.807, 2.05) is 0 Å². The van der Waals surface area contributed by atoms with Gasteiger partial charge in [-0.3, -0.25) is 11.3 Å². The molecule has 3 N–H and O–H groups in total. The molecular weight excluding hydrogens is 220 g/mol. The van der Waals surface area contributed by atoms with E-state index in [4.69, 9.17) is 5.84 Å². The third kappa shape index (κ3) is 4.79. The first kappa shape index (κ1) is 15.2. The van der Waals surface area contributed by atoms with E-state index in [1.54, 1.807) is 0 Å². The molecule has 1 unspecified atom stereocenters. The molecule has 1 aromatic rings. The summed E-state index contributed by atoms with van der Waals surface area (Å²) in [6.45, 7) is 6.68. The number of nitrogens with two attached hydrogens (primary N) is 1. The van der Waals surface area contributed by atoms with Crippen LogP contribution in [-0.4, -0.2) is 0 Å². The van der Waals surface area contributed by atoms with E-state index in [0.29, 0.717) is 12.0 Å². The van der Waals surface area contributed by atoms with Gasteiger partial charge in [-0.25, -0.2) is 0 Å². The molecule has 18 heavy (non-hydrogen) atoms. The SMILES string of the molecule is CCCCCCC(NN)c1ccc(C(C)C)cc1. The van der Waals surface area contributed by atoms with Crippen LogP contribution in [0.2, 0.25) is 0 Å². The predicted molar refractivity (Wildman–Crippen MR) is 79.4 cm³/mol. The Morgan fingerprint density at radius 2 is 1.61 bits per heavy atom. The minimum Gasteiger partial charge on any atom is -0.271 e. The van der Waals surface area contributed by atoms with E-state index >= 15 is 0 Å². The lowest BCUT2D eigenvalue weighted by Gasteiger charge is -2.17. The third-order valence-corrected chi connectivity index (χ3v) is 3.55. The van der Waals surface area contributed by atoms with Crippen molar-refractivity contribution >= 4 is 0 Å². The van der Waals surface area contributed by atoms with Crippen LogP contribution in [0.1, 0.15) is 76.0 Å². The van der Waals surface area contributed by atoms with Crippen LogP contribution in [0.5, 0.6) is 0 Å². The molecule has 0 aliphatic carbocycles. The predicted octanol–water partition coefficient (Wildman–Crippen LogP) is 4.28. The van der Waals surface area contributed by atoms with Crippen molar-refractivity contribution in [1.29, 1.82) is 0 Å². The summed E-state index contributed by atoms with van der Waals surface area (Å²) in [5.41, 5.74) is 5.64. The second-order valence-electron chi connectivity index (χ2n) is 5.39. The van der Waals surface area contributed by atoms with Gasteiger partial charge in [-0.15, -0.1) is 0 Å². The van der Waals surface area contributed by atoms with E-state index in [-0.39, 0.29) is 0 Å². The first-order chi connectivity index (χ1) is 8.69. The van der Waals surface area contributed by atoms with Crippen molar-refractivity contribution in [2.24, 2.45) is 5.84 Å². The summed E-state index contributed by atoms with van der Waals surface area (Å²) in [7, 11) is 0. The monoisotopic (exact) mass is 248 g/mol. The van der Waals surface area contributed by atoms with Gasteiger partial charge in [0.2, 0.25) is 0 Å². The highest BCUT2D eigenvalue weighted by molar-refractivity contribution is 5.26. The maximum absolute atomic E-state index is 5.67. The minimum atomic E-state index is 0.295. The first-order valence-corrected chi connectivity index (χ1v) is 7.25. The zero-order valence-corrected chi connectivity index (χ0v) is 12.1. The van der Waals surface area contributed by atoms with Gasteiger partial charge in [0.1, 0.15) is 0 Å². The Kier molecular flexibility index (Phi) is 6.99. The Labute approximate surface area is 112 Å². The van der Waals surface area contributed by atoms with Gasteiger partial charge in [-0.1, -0.05) is 70.7 Å². The van der Waals surface area contributed by atoms with Gasteiger partial charge >= 0.3 is 0 Å². The van der Waals surface area contributed by atoms with E-state index in [2.05, 4.69) is 50.5 Å². The van der Waals surface area contributed by atoms with Gasteiger partial charge in [0.25, 0.3) is 0 Å². The minimum absolute atomic E-state index is 0.295. The molecule has 0 radical (unpaired) electrons. The van der Waals surface area contributed by atoms with Crippen LogP contribution in [0.4, 0.5) is 0 Å². The van der Waals surface area contributed by atoms with Gasteiger partial charge in [0.15, 0.2) is 0 Å². The molecule has 1 aromatic carbocycles. The maximum Gasteiger partial charge on any atom is 0.0460 e. The van der Waals surface area contributed by atoms with Crippen molar-refractivity contribution in [3.8, 4) is 0 Å². The number of hydrogen-bond acceptors (Lipinski definition) is 2. The average Bonchev–Trinajstić information content (AvgIpc) is 2.39. The van der Waals surface area contributed by atoms with Crippen LogP contribution in [-0.2, 0) is 0 Å². The highest BCUT2D eigenvalue weighted by Gasteiger charge is 2.09. The lowest BCUT2D eigenvalue weighted by Crippen LogP contribution is -2.28. The van der Waals surface area contributed by atoms with Crippen LogP contribution in [0.15, 0.2) is 24.3 Å². The lowest BCUT2D eigenvalue weighted by atomic mass is 9.96. The van der Waals surface area contributed by atoms with Gasteiger partial charge in [-0.05, 0) is 23.5 Å². The van der Waals surface area contributed by atoms with E-state index in [0.717, 1.165) is 6.42 Å². The van der Waals surface area contributed by atoms with Crippen molar-refractivity contribution in [2.45, 2.75) is 64.8 Å². The van der Waals surface area contributed by atoms with Crippen molar-refractivity contribution in [2.75, 3.05) is 0 Å². The number of unbranched alkanes of at least 4 members (excludes halogenated alkanes) is 3. The molecule has 1 atom stereocenters. The largest absolute Gasteiger partial charge is 0.271 e. The van der Waals surface area contributed by atoms with Crippen molar-refractivity contribution < 1.29 is 0 Å². The van der Waals surface area contributed by atoms with Crippen LogP contribution in [0.25, 0.3) is 0 Å². The number of rotatable bonds is 8. The van der Waals surface area contributed by atoms with Gasteiger partial charge in [-0.2, -0.15) is 0 Å². The molecule has 0 bridgehead atoms. The average molecular weight is 248 g/mol. The standard InChI is InChI=1S/C16H28N2/c1-4-5-6-7-8-16(18-17)15-11-9-14(10-12-15)13(2)3/h9-13,16,18H,4-8,17H2,1-3H3. The van der Waals surface area contributed by atoms with Gasteiger partial charge < -0.3 is 0 Å². The zero-order valence-electron chi connectivity index (χ0n) is 12.1. The highest BCUT2D eigenvalue weighted by atomic mass is 15.2. The van der Waals surface area contributed by atoms with Gasteiger partial charge in [0, 0.05) is 6.04 Å². The molecule has 0 aliphatic rings. The molecule has 2 heteroatoms. The Balaban J connectivity index is 2.53. The maximum atomic E-state index is 5.67. The second kappa shape index (κ2) is 8.28. The molecule has 0 aliphatic heterocycles. The van der Waals surface area contributed by atoms with Crippen LogP contribution >= 0.6 is 0 Å². The molecule has 0 aromatic heterocycles. The zero-order chi connectivity index (χ0) is 13.4. The van der Waals surface area contributed by atoms with E-state index in [1.165, 1.54) is 36.8 Å². The molecule has 0 saturated heterocycles. The van der Waals surface area contributed by atoms with Gasteiger partial charge in [0.05, 0.1) is 0 Å². The first-order valence-electron chi connectivity index (χ1n) is 7.25. The fraction of sp³-hybridized carbons (Fsp3) is 0.625. The number of hydrogen-bond donors (Lipinski definition) is 2. The van der Waals surface area contributed by atoms with E-state index in [9.17, 15) is 0 Å². The number of nitrogens with one attached hydrogen (secondary N) is 1. The fourth-order valence-corrected chi connectivity index (χ4v) is 2.23. The summed E-state index contributed by atoms with van der Waals surface area (Å²) in [6.07, 6.45) is 6.28. The normalized spacial score (nSPS) is 12.9. The van der Waals surface area contributed by atoms with Crippen molar-refractivity contribution in [1.82, 2.24) is 5.43 Å². The third-order valence-electron chi connectivity index (χ3n) is 3.55. The molecular formula is C16H28N2. The molecule has 0 heterocycles. The van der Waals surface area contributed by atoms with Crippen LogP contribution < -0.4 is 11.3 Å². The lowest BCUT2D eigenvalue weighted by molar-refractivity contribution is 0.482. The highest BCUT2D eigenvalue weighted by Crippen LogP contribution is 2.22. The molecule has 0 spiro atoms. The van der Waals surface area contributed by atoms with Crippen LogP contribution in [0.3, 0.4) is 0 Å². The topological polar surface area (TPSA) is 38.0 Å². The van der Waals surface area contributed by atoms with E-state index < -0.39 is 0 Å². The summed E-state index contributed by atoms with van der Waals surface area (Å²) in [5.74, 6) is 6.26. The molecule has 2 nitrogen and oxygen atoms in total. The van der Waals surface area contributed by atoms with Crippen molar-refractivity contribution in [3.63, 3.8) is 0 Å². The number of benzene rings is 1. The Morgan fingerprint density at radius 3 is 2.11 bits per heavy atom. The Bertz CT molecular complexity index is 316. The van der Waals surface area contributed by atoms with Crippen molar-refractivity contribution in [3.05, 3.63) is 35.4 Å². The second-order valence-corrected chi connectivity index (χ2v) is 5.39. The molecule has 0 saturated carbocycles. The summed E-state index contributed by atoms with van der Waals surface area (Å²) < 4.78 is 0. The molecule has 0 amide bonds. The Morgan fingerprint density at radius 1 is 1.00 bits per heavy atom. The Hall–Kier alpha value is -0.860. The summed E-state index contributed by atoms with van der Waals surface area (Å²) in [4.78, 5) is 0. The molecule has 1 rings (SSSR count). The molecule has 102 valence electrons. The molecule has 0 fully saturated rings. The van der Waals surface area contributed by atoms with Crippen LogP contribution in [0, 0.1) is 0 Å².